The van der Waals surface area contributed by atoms with Crippen LogP contribution in [0.5, 0.6) is 0 Å². The Hall–Kier alpha value is -1.49. The minimum atomic E-state index is -0.00820. The molecule has 82 valence electrons. The van der Waals surface area contributed by atoms with Crippen LogP contribution in [0.15, 0.2) is 51.2 Å². The van der Waals surface area contributed by atoms with Gasteiger partial charge in [0.2, 0.25) is 0 Å². The highest BCUT2D eigenvalue weighted by Crippen LogP contribution is 2.20. The molecule has 1 aromatic carbocycles. The molecule has 0 saturated heterocycles. The summed E-state index contributed by atoms with van der Waals surface area (Å²) in [5.41, 5.74) is 1.80. The fraction of sp³-hybridized carbons (Fsp3) is 0.182. The van der Waals surface area contributed by atoms with E-state index in [4.69, 9.17) is 0 Å². The number of hydrogen-bond acceptors (Lipinski definition) is 3. The fourth-order valence-corrected chi connectivity index (χ4v) is 1.49. The molecular formula is C11H11BrN4. The van der Waals surface area contributed by atoms with Crippen LogP contribution in [0.2, 0.25) is 0 Å². The van der Waals surface area contributed by atoms with Crippen LogP contribution in [-0.2, 0) is 0 Å². The van der Waals surface area contributed by atoms with Crippen molar-refractivity contribution in [3.8, 4) is 0 Å². The number of benzene rings is 1. The lowest BCUT2D eigenvalue weighted by molar-refractivity contribution is 0.729. The van der Waals surface area contributed by atoms with Gasteiger partial charge in [0.05, 0.1) is 11.4 Å². The first-order valence-electron chi connectivity index (χ1n) is 4.91. The van der Waals surface area contributed by atoms with Crippen molar-refractivity contribution in [3.63, 3.8) is 0 Å². The summed E-state index contributed by atoms with van der Waals surface area (Å²) in [7, 11) is 0. The molecule has 2 aromatic rings. The molecule has 0 bridgehead atoms. The predicted molar refractivity (Wildman–Crippen MR) is 65.7 cm³/mol. The van der Waals surface area contributed by atoms with E-state index in [1.165, 1.54) is 0 Å². The van der Waals surface area contributed by atoms with Crippen LogP contribution in [0.3, 0.4) is 0 Å². The number of nitrogens with zero attached hydrogens (tertiary/aromatic N) is 3. The second kappa shape index (κ2) is 5.03. The van der Waals surface area contributed by atoms with Gasteiger partial charge in [-0.05, 0) is 37.3 Å². The third kappa shape index (κ3) is 2.76. The van der Waals surface area contributed by atoms with Crippen molar-refractivity contribution in [1.82, 2.24) is 10.2 Å². The maximum atomic E-state index is 4.20. The minimum Gasteiger partial charge on any atom is -0.280 e. The van der Waals surface area contributed by atoms with Crippen LogP contribution in [0.1, 0.15) is 18.7 Å². The number of H-pyrrole nitrogens is 1. The smallest absolute Gasteiger partial charge is 0.110 e. The Morgan fingerprint density at radius 2 is 2.00 bits per heavy atom. The number of azo groups is 1. The molecule has 0 saturated carbocycles. The largest absolute Gasteiger partial charge is 0.280 e. The summed E-state index contributed by atoms with van der Waals surface area (Å²) < 4.78 is 1.04. The molecule has 0 spiro atoms. The maximum Gasteiger partial charge on any atom is 0.110 e. The Bertz CT molecular complexity index is 461. The second-order valence-electron chi connectivity index (χ2n) is 3.38. The van der Waals surface area contributed by atoms with E-state index in [0.29, 0.717) is 0 Å². The molecule has 0 aliphatic rings. The van der Waals surface area contributed by atoms with Crippen LogP contribution < -0.4 is 0 Å². The molecule has 4 nitrogen and oxygen atoms in total. The monoisotopic (exact) mass is 278 g/mol. The fourth-order valence-electron chi connectivity index (χ4n) is 1.22. The first-order chi connectivity index (χ1) is 7.75. The highest BCUT2D eigenvalue weighted by Gasteiger charge is 2.03. The molecule has 1 atom stereocenters. The van der Waals surface area contributed by atoms with E-state index in [1.54, 1.807) is 6.20 Å². The normalized spacial score (nSPS) is 13.1. The third-order valence-corrected chi connectivity index (χ3v) is 2.67. The first-order valence-corrected chi connectivity index (χ1v) is 5.70. The third-order valence-electron chi connectivity index (χ3n) is 2.15. The molecule has 16 heavy (non-hydrogen) atoms. The van der Waals surface area contributed by atoms with Crippen LogP contribution in [0.25, 0.3) is 0 Å². The summed E-state index contributed by atoms with van der Waals surface area (Å²) in [6.07, 6.45) is 1.71. The maximum absolute atomic E-state index is 4.20. The lowest BCUT2D eigenvalue weighted by Crippen LogP contribution is -1.88. The van der Waals surface area contributed by atoms with Gasteiger partial charge >= 0.3 is 0 Å². The zero-order chi connectivity index (χ0) is 11.4. The van der Waals surface area contributed by atoms with Gasteiger partial charge in [-0.25, -0.2) is 0 Å². The van der Waals surface area contributed by atoms with Crippen molar-refractivity contribution in [1.29, 1.82) is 0 Å². The number of halogens is 1. The highest BCUT2D eigenvalue weighted by atomic mass is 79.9. The van der Waals surface area contributed by atoms with Crippen LogP contribution in [-0.4, -0.2) is 10.2 Å². The summed E-state index contributed by atoms with van der Waals surface area (Å²) in [5.74, 6) is 0. The van der Waals surface area contributed by atoms with Gasteiger partial charge in [0.15, 0.2) is 0 Å². The van der Waals surface area contributed by atoms with Crippen LogP contribution in [0.4, 0.5) is 5.69 Å². The van der Waals surface area contributed by atoms with Gasteiger partial charge in [0.1, 0.15) is 6.04 Å². The first kappa shape index (κ1) is 11.0. The van der Waals surface area contributed by atoms with Crippen molar-refractivity contribution in [2.45, 2.75) is 13.0 Å². The minimum absolute atomic E-state index is 0.00820. The van der Waals surface area contributed by atoms with Crippen molar-refractivity contribution in [2.24, 2.45) is 10.2 Å². The topological polar surface area (TPSA) is 53.4 Å². The molecule has 0 radical (unpaired) electrons. The molecule has 1 heterocycles. The van der Waals surface area contributed by atoms with E-state index in [-0.39, 0.29) is 6.04 Å². The number of hydrogen-bond donors (Lipinski definition) is 1. The quantitative estimate of drug-likeness (QED) is 0.848. The average Bonchev–Trinajstić information content (AvgIpc) is 2.81. The van der Waals surface area contributed by atoms with E-state index >= 15 is 0 Å². The predicted octanol–water partition coefficient (Wildman–Crippen LogP) is 4.02. The molecule has 1 N–H and O–H groups in total. The molecule has 0 amide bonds. The average molecular weight is 279 g/mol. The zero-order valence-corrected chi connectivity index (χ0v) is 10.3. The SMILES string of the molecule is CC(N=Nc1ccc(Br)cc1)c1ccn[nH]1. The van der Waals surface area contributed by atoms with E-state index in [0.717, 1.165) is 15.9 Å². The molecular weight excluding hydrogens is 268 g/mol. The molecule has 1 unspecified atom stereocenters. The van der Waals surface area contributed by atoms with Gasteiger partial charge in [-0.15, -0.1) is 0 Å². The van der Waals surface area contributed by atoms with Gasteiger partial charge in [-0.2, -0.15) is 15.3 Å². The van der Waals surface area contributed by atoms with Crippen molar-refractivity contribution < 1.29 is 0 Å². The Morgan fingerprint density at radius 1 is 1.25 bits per heavy atom. The number of aromatic amines is 1. The molecule has 0 aliphatic carbocycles. The Balaban J connectivity index is 2.07. The van der Waals surface area contributed by atoms with Gasteiger partial charge in [-0.3, -0.25) is 5.10 Å². The van der Waals surface area contributed by atoms with Gasteiger partial charge in [0, 0.05) is 10.7 Å². The van der Waals surface area contributed by atoms with Crippen LogP contribution in [0, 0.1) is 0 Å². The Labute approximate surface area is 102 Å². The summed E-state index contributed by atoms with van der Waals surface area (Å²) in [5, 5.41) is 15.1. The lowest BCUT2D eigenvalue weighted by Gasteiger charge is -2.00. The summed E-state index contributed by atoms with van der Waals surface area (Å²) in [6.45, 7) is 1.97. The van der Waals surface area contributed by atoms with Gasteiger partial charge in [0.25, 0.3) is 0 Å². The van der Waals surface area contributed by atoms with Crippen molar-refractivity contribution in [3.05, 3.63) is 46.7 Å². The second-order valence-corrected chi connectivity index (χ2v) is 4.30. The molecule has 5 heteroatoms. The summed E-state index contributed by atoms with van der Waals surface area (Å²) in [4.78, 5) is 0. The number of nitrogens with one attached hydrogen (secondary N) is 1. The highest BCUT2D eigenvalue weighted by molar-refractivity contribution is 9.10. The summed E-state index contributed by atoms with van der Waals surface area (Å²) in [6, 6.07) is 9.59. The number of aromatic nitrogens is 2. The molecule has 2 rings (SSSR count). The standard InChI is InChI=1S/C11H11BrN4/c1-8(11-6-7-13-16-11)14-15-10-4-2-9(12)3-5-10/h2-8H,1H3,(H,13,16). The Kier molecular flexibility index (Phi) is 3.46. The van der Waals surface area contributed by atoms with E-state index in [9.17, 15) is 0 Å². The van der Waals surface area contributed by atoms with Crippen molar-refractivity contribution >= 4 is 21.6 Å². The van der Waals surface area contributed by atoms with Crippen LogP contribution >= 0.6 is 15.9 Å². The molecule has 1 aromatic heterocycles. The van der Waals surface area contributed by atoms with Crippen molar-refractivity contribution in [2.75, 3.05) is 0 Å². The Morgan fingerprint density at radius 3 is 2.62 bits per heavy atom. The van der Waals surface area contributed by atoms with Gasteiger partial charge in [-0.1, -0.05) is 15.9 Å². The van der Waals surface area contributed by atoms with Gasteiger partial charge < -0.3 is 0 Å². The van der Waals surface area contributed by atoms with E-state index < -0.39 is 0 Å². The lowest BCUT2D eigenvalue weighted by atomic mass is 10.3. The van der Waals surface area contributed by atoms with E-state index in [1.807, 2.05) is 37.3 Å². The van der Waals surface area contributed by atoms with E-state index in [2.05, 4.69) is 36.4 Å². The number of rotatable bonds is 3. The molecule has 0 fully saturated rings. The summed E-state index contributed by atoms with van der Waals surface area (Å²) >= 11 is 3.37. The molecule has 0 aliphatic heterocycles. The zero-order valence-electron chi connectivity index (χ0n) is 8.76.